The molecule has 17 heavy (non-hydrogen) atoms. The zero-order chi connectivity index (χ0) is 13.1. The van der Waals surface area contributed by atoms with E-state index in [1.54, 1.807) is 0 Å². The Morgan fingerprint density at radius 1 is 0.941 bits per heavy atom. The Hall–Kier alpha value is -0.250. The SMILES string of the molecule is CCc1ccc([S+]=P(O)(O)O)c(CC)c1CC. The van der Waals surface area contributed by atoms with Crippen LogP contribution in [0.2, 0.25) is 0 Å². The van der Waals surface area contributed by atoms with Gasteiger partial charge in [0.1, 0.15) is 0 Å². The third-order valence-electron chi connectivity index (χ3n) is 2.79. The average molecular weight is 275 g/mol. The van der Waals surface area contributed by atoms with Crippen molar-refractivity contribution >= 4 is 17.7 Å². The van der Waals surface area contributed by atoms with E-state index in [4.69, 9.17) is 14.7 Å². The lowest BCUT2D eigenvalue weighted by Gasteiger charge is -2.10. The van der Waals surface area contributed by atoms with Crippen LogP contribution in [0.3, 0.4) is 0 Å². The van der Waals surface area contributed by atoms with Gasteiger partial charge in [-0.3, -0.25) is 14.7 Å². The highest BCUT2D eigenvalue weighted by Crippen LogP contribution is 2.35. The van der Waals surface area contributed by atoms with Gasteiger partial charge in [0.15, 0.2) is 0 Å². The van der Waals surface area contributed by atoms with E-state index in [9.17, 15) is 0 Å². The molecule has 0 aliphatic heterocycles. The Labute approximate surface area is 106 Å². The molecule has 5 heteroatoms. The molecule has 0 radical (unpaired) electrons. The van der Waals surface area contributed by atoms with E-state index in [2.05, 4.69) is 13.8 Å². The molecular formula is C12H20O3PS+. The van der Waals surface area contributed by atoms with Crippen molar-refractivity contribution in [3.05, 3.63) is 28.8 Å². The van der Waals surface area contributed by atoms with Gasteiger partial charge in [0.25, 0.3) is 10.9 Å². The van der Waals surface area contributed by atoms with Gasteiger partial charge in [-0.25, -0.2) is 0 Å². The zero-order valence-electron chi connectivity index (χ0n) is 10.5. The predicted octanol–water partition coefficient (Wildman–Crippen LogP) is 2.47. The Morgan fingerprint density at radius 3 is 1.94 bits per heavy atom. The van der Waals surface area contributed by atoms with Crippen molar-refractivity contribution in [2.75, 3.05) is 0 Å². The fourth-order valence-corrected chi connectivity index (χ4v) is 4.17. The summed E-state index contributed by atoms with van der Waals surface area (Å²) in [5, 5.41) is 0. The summed E-state index contributed by atoms with van der Waals surface area (Å²) in [5.41, 5.74) is 3.69. The van der Waals surface area contributed by atoms with Crippen LogP contribution in [-0.2, 0) is 30.2 Å². The lowest BCUT2D eigenvalue weighted by molar-refractivity contribution is 0.363. The second kappa shape index (κ2) is 6.07. The molecule has 0 saturated heterocycles. The summed E-state index contributed by atoms with van der Waals surface area (Å²) in [5.74, 6) is 0. The van der Waals surface area contributed by atoms with Crippen molar-refractivity contribution in [3.63, 3.8) is 0 Å². The van der Waals surface area contributed by atoms with Crippen LogP contribution in [0.15, 0.2) is 17.0 Å². The van der Waals surface area contributed by atoms with Crippen molar-refractivity contribution in [3.8, 4) is 0 Å². The van der Waals surface area contributed by atoms with Crippen molar-refractivity contribution < 1.29 is 14.7 Å². The topological polar surface area (TPSA) is 60.7 Å². The summed E-state index contributed by atoms with van der Waals surface area (Å²) in [6.07, 6.45) is 2.73. The van der Waals surface area contributed by atoms with Gasteiger partial charge in [-0.15, -0.1) is 0 Å². The fraction of sp³-hybridized carbons (Fsp3) is 0.500. The highest BCUT2D eigenvalue weighted by molar-refractivity contribution is 8.16. The maximum Gasteiger partial charge on any atom is 0.521 e. The van der Waals surface area contributed by atoms with Gasteiger partial charge >= 0.3 is 6.72 Å². The molecule has 3 N–H and O–H groups in total. The predicted molar refractivity (Wildman–Crippen MR) is 73.8 cm³/mol. The van der Waals surface area contributed by atoms with Crippen LogP contribution in [0.5, 0.6) is 0 Å². The van der Waals surface area contributed by atoms with Crippen LogP contribution in [0.1, 0.15) is 37.5 Å². The van der Waals surface area contributed by atoms with E-state index < -0.39 is 6.72 Å². The van der Waals surface area contributed by atoms with Gasteiger partial charge in [-0.1, -0.05) is 26.8 Å². The van der Waals surface area contributed by atoms with E-state index in [-0.39, 0.29) is 0 Å². The lowest BCUT2D eigenvalue weighted by Crippen LogP contribution is -2.01. The summed E-state index contributed by atoms with van der Waals surface area (Å²) >= 11 is 0. The van der Waals surface area contributed by atoms with Crippen LogP contribution in [-0.4, -0.2) is 14.7 Å². The molecule has 0 heterocycles. The summed E-state index contributed by atoms with van der Waals surface area (Å²) in [6.45, 7) is 2.44. The normalized spacial score (nSPS) is 11.6. The smallest absolute Gasteiger partial charge is 0.289 e. The van der Waals surface area contributed by atoms with Gasteiger partial charge in [-0.2, -0.15) is 0 Å². The molecule has 0 saturated carbocycles. The number of rotatable bonds is 4. The molecule has 0 aliphatic carbocycles. The number of benzene rings is 1. The molecular weight excluding hydrogens is 255 g/mol. The monoisotopic (exact) mass is 275 g/mol. The second-order valence-corrected chi connectivity index (χ2v) is 7.51. The van der Waals surface area contributed by atoms with Gasteiger partial charge < -0.3 is 0 Å². The molecule has 0 unspecified atom stereocenters. The molecule has 96 valence electrons. The van der Waals surface area contributed by atoms with Gasteiger partial charge in [0, 0.05) is 11.6 Å². The van der Waals surface area contributed by atoms with Crippen molar-refractivity contribution in [2.24, 2.45) is 0 Å². The molecule has 0 atom stereocenters. The van der Waals surface area contributed by atoms with E-state index in [1.807, 2.05) is 19.1 Å². The van der Waals surface area contributed by atoms with Crippen LogP contribution < -0.4 is 0 Å². The molecule has 0 amide bonds. The molecule has 0 bridgehead atoms. The van der Waals surface area contributed by atoms with Gasteiger partial charge in [0.2, 0.25) is 4.90 Å². The molecule has 0 fully saturated rings. The molecule has 1 rings (SSSR count). The first kappa shape index (κ1) is 14.8. The Bertz CT molecular complexity index is 443. The second-order valence-electron chi connectivity index (χ2n) is 3.85. The van der Waals surface area contributed by atoms with Crippen LogP contribution in [0, 0.1) is 0 Å². The van der Waals surface area contributed by atoms with E-state index in [0.29, 0.717) is 0 Å². The maximum absolute atomic E-state index is 9.17. The number of hydrogen-bond donors (Lipinski definition) is 3. The largest absolute Gasteiger partial charge is 0.521 e. The zero-order valence-corrected chi connectivity index (χ0v) is 12.2. The Morgan fingerprint density at radius 2 is 1.53 bits per heavy atom. The summed E-state index contributed by atoms with van der Waals surface area (Å²) in [7, 11) is 0.778. The highest BCUT2D eigenvalue weighted by Gasteiger charge is 2.25. The highest BCUT2D eigenvalue weighted by atomic mass is 32.5. The minimum atomic E-state index is -3.81. The average Bonchev–Trinajstić information content (AvgIpc) is 2.26. The van der Waals surface area contributed by atoms with Crippen LogP contribution in [0.4, 0.5) is 0 Å². The Kier molecular flexibility index (Phi) is 5.29. The fourth-order valence-electron chi connectivity index (χ4n) is 2.10. The summed E-state index contributed by atoms with van der Waals surface area (Å²) in [4.78, 5) is 28.3. The van der Waals surface area contributed by atoms with E-state index in [0.717, 1.165) is 40.7 Å². The maximum atomic E-state index is 9.17. The standard InChI is InChI=1S/C12H20O3PS/c1-4-9-7-8-12(17-16(13,14)15)11(6-3)10(9)5-2/h7-8,13-15H,4-6H2,1-3H3/q+1. The first-order valence-corrected chi connectivity index (χ1v) is 8.90. The summed E-state index contributed by atoms with van der Waals surface area (Å²) < 4.78 is 0. The molecule has 0 aromatic heterocycles. The van der Waals surface area contributed by atoms with Gasteiger partial charge in [0.05, 0.1) is 0 Å². The van der Waals surface area contributed by atoms with Crippen LogP contribution in [0.25, 0.3) is 0 Å². The van der Waals surface area contributed by atoms with Crippen molar-refractivity contribution in [1.82, 2.24) is 0 Å². The molecule has 0 aliphatic rings. The minimum Gasteiger partial charge on any atom is -0.289 e. The van der Waals surface area contributed by atoms with E-state index in [1.165, 1.54) is 11.1 Å². The van der Waals surface area contributed by atoms with E-state index >= 15 is 0 Å². The van der Waals surface area contributed by atoms with Crippen molar-refractivity contribution in [2.45, 2.75) is 44.9 Å². The first-order valence-electron chi connectivity index (χ1n) is 5.83. The minimum absolute atomic E-state index is 0.778. The third-order valence-corrected chi connectivity index (χ3v) is 4.94. The van der Waals surface area contributed by atoms with Crippen LogP contribution >= 0.6 is 6.72 Å². The van der Waals surface area contributed by atoms with Gasteiger partial charge in [-0.05, 0) is 30.4 Å². The molecule has 0 spiro atoms. The number of hydrogen-bond acceptors (Lipinski definition) is 0. The molecule has 3 nitrogen and oxygen atoms in total. The quantitative estimate of drug-likeness (QED) is 0.584. The Balaban J connectivity index is 3.44. The summed E-state index contributed by atoms with van der Waals surface area (Å²) in [6, 6.07) is 3.88. The number of aryl methyl sites for hydroxylation is 1. The van der Waals surface area contributed by atoms with Crippen molar-refractivity contribution in [1.29, 1.82) is 0 Å². The molecule has 1 aromatic carbocycles. The lowest BCUT2D eigenvalue weighted by atomic mass is 9.96. The molecule has 1 aromatic rings. The third kappa shape index (κ3) is 3.87. The first-order chi connectivity index (χ1) is 7.92.